The summed E-state index contributed by atoms with van der Waals surface area (Å²) < 4.78 is 0. The fourth-order valence-corrected chi connectivity index (χ4v) is 2.12. The van der Waals surface area contributed by atoms with Crippen molar-refractivity contribution in [2.45, 2.75) is 0 Å². The van der Waals surface area contributed by atoms with Crippen LogP contribution in [0.4, 0.5) is 11.4 Å². The first-order valence-corrected chi connectivity index (χ1v) is 6.31. The molecule has 100 valence electrons. The largest absolute Gasteiger partial charge is 0.398 e. The lowest BCUT2D eigenvalue weighted by molar-refractivity contribution is 0.102. The van der Waals surface area contributed by atoms with Crippen LogP contribution in [0, 0.1) is 0 Å². The number of nitrogens with zero attached hydrogens (tertiary/aromatic N) is 1. The zero-order valence-corrected chi connectivity index (χ0v) is 11.1. The maximum absolute atomic E-state index is 12.2. The third kappa shape index (κ3) is 2.19. The number of hydrogen-bond acceptors (Lipinski definition) is 3. The standard InChI is InChI=1S/C14H11ClN4O/c15-10-6-8(4-5-11(10)16)14(20)18-12-2-1-3-13-9(12)7-17-19-13/h1-7H,16H2,(H,17,19)(H,18,20). The van der Waals surface area contributed by atoms with Crippen LogP contribution in [0.1, 0.15) is 10.4 Å². The Morgan fingerprint density at radius 3 is 2.95 bits per heavy atom. The van der Waals surface area contributed by atoms with Gasteiger partial charge in [-0.25, -0.2) is 0 Å². The van der Waals surface area contributed by atoms with E-state index in [2.05, 4.69) is 15.5 Å². The predicted octanol–water partition coefficient (Wildman–Crippen LogP) is 3.05. The SMILES string of the molecule is Nc1ccc(C(=O)Nc2cccc3[nH]ncc23)cc1Cl. The number of hydrogen-bond donors (Lipinski definition) is 3. The summed E-state index contributed by atoms with van der Waals surface area (Å²) >= 11 is 5.92. The van der Waals surface area contributed by atoms with Crippen molar-refractivity contribution in [3.8, 4) is 0 Å². The van der Waals surface area contributed by atoms with Crippen molar-refractivity contribution in [3.63, 3.8) is 0 Å². The van der Waals surface area contributed by atoms with Crippen molar-refractivity contribution in [1.82, 2.24) is 10.2 Å². The van der Waals surface area contributed by atoms with Crippen LogP contribution >= 0.6 is 11.6 Å². The monoisotopic (exact) mass is 286 g/mol. The van der Waals surface area contributed by atoms with E-state index in [0.29, 0.717) is 22.0 Å². The van der Waals surface area contributed by atoms with Crippen LogP contribution in [-0.4, -0.2) is 16.1 Å². The van der Waals surface area contributed by atoms with Crippen molar-refractivity contribution in [2.24, 2.45) is 0 Å². The maximum Gasteiger partial charge on any atom is 0.255 e. The molecule has 0 radical (unpaired) electrons. The highest BCUT2D eigenvalue weighted by molar-refractivity contribution is 6.33. The molecule has 0 unspecified atom stereocenters. The number of benzene rings is 2. The van der Waals surface area contributed by atoms with E-state index in [9.17, 15) is 4.79 Å². The van der Waals surface area contributed by atoms with E-state index < -0.39 is 0 Å². The van der Waals surface area contributed by atoms with E-state index >= 15 is 0 Å². The van der Waals surface area contributed by atoms with Crippen LogP contribution in [0.15, 0.2) is 42.6 Å². The predicted molar refractivity (Wildman–Crippen MR) is 79.9 cm³/mol. The molecule has 0 fully saturated rings. The molecule has 1 aromatic heterocycles. The quantitative estimate of drug-likeness (QED) is 0.633. The van der Waals surface area contributed by atoms with Gasteiger partial charge in [-0.3, -0.25) is 9.89 Å². The Hall–Kier alpha value is -2.53. The van der Waals surface area contributed by atoms with E-state index in [1.165, 1.54) is 0 Å². The van der Waals surface area contributed by atoms with E-state index in [4.69, 9.17) is 17.3 Å². The number of aromatic nitrogens is 2. The molecule has 0 aliphatic rings. The highest BCUT2D eigenvalue weighted by Gasteiger charge is 2.10. The first kappa shape index (κ1) is 12.5. The third-order valence-corrected chi connectivity index (χ3v) is 3.32. The number of halogens is 1. The number of amides is 1. The molecule has 1 amide bonds. The number of aromatic amines is 1. The molecule has 4 N–H and O–H groups in total. The number of rotatable bonds is 2. The van der Waals surface area contributed by atoms with Crippen LogP contribution in [0.2, 0.25) is 5.02 Å². The molecule has 0 bridgehead atoms. The van der Waals surface area contributed by atoms with Gasteiger partial charge in [-0.15, -0.1) is 0 Å². The number of carbonyl (C=O) groups excluding carboxylic acids is 1. The molecule has 3 aromatic rings. The van der Waals surface area contributed by atoms with E-state index in [1.807, 2.05) is 18.2 Å². The summed E-state index contributed by atoms with van der Waals surface area (Å²) in [5, 5.41) is 10.8. The number of fused-ring (bicyclic) bond motifs is 1. The fourth-order valence-electron chi connectivity index (χ4n) is 1.94. The van der Waals surface area contributed by atoms with Gasteiger partial charge in [-0.1, -0.05) is 17.7 Å². The van der Waals surface area contributed by atoms with Gasteiger partial charge >= 0.3 is 0 Å². The molecule has 3 rings (SSSR count). The highest BCUT2D eigenvalue weighted by Crippen LogP contribution is 2.23. The highest BCUT2D eigenvalue weighted by atomic mass is 35.5. The zero-order chi connectivity index (χ0) is 14.1. The molecule has 1 heterocycles. The molecular formula is C14H11ClN4O. The minimum atomic E-state index is -0.249. The molecule has 0 spiro atoms. The van der Waals surface area contributed by atoms with Crippen LogP contribution in [-0.2, 0) is 0 Å². The Labute approximate surface area is 119 Å². The summed E-state index contributed by atoms with van der Waals surface area (Å²) in [6.45, 7) is 0. The van der Waals surface area contributed by atoms with Crippen LogP contribution in [0.3, 0.4) is 0 Å². The maximum atomic E-state index is 12.2. The lowest BCUT2D eigenvalue weighted by atomic mass is 10.1. The van der Waals surface area contributed by atoms with Crippen molar-refractivity contribution in [2.75, 3.05) is 11.1 Å². The van der Waals surface area contributed by atoms with Crippen LogP contribution in [0.5, 0.6) is 0 Å². The number of nitrogens with two attached hydrogens (primary N) is 1. The number of nitrogens with one attached hydrogen (secondary N) is 2. The van der Waals surface area contributed by atoms with Gasteiger partial charge in [-0.05, 0) is 30.3 Å². The summed E-state index contributed by atoms with van der Waals surface area (Å²) in [5.74, 6) is -0.249. The summed E-state index contributed by atoms with van der Waals surface area (Å²) in [5.41, 5.74) is 8.07. The van der Waals surface area contributed by atoms with E-state index in [0.717, 1.165) is 10.9 Å². The number of carbonyl (C=O) groups is 1. The Morgan fingerprint density at radius 1 is 1.30 bits per heavy atom. The molecule has 0 saturated carbocycles. The van der Waals surface area contributed by atoms with Gasteiger partial charge in [-0.2, -0.15) is 5.10 Å². The molecule has 5 nitrogen and oxygen atoms in total. The number of nitrogen functional groups attached to an aromatic ring is 1. The number of anilines is 2. The molecule has 0 aliphatic carbocycles. The second-order valence-corrected chi connectivity index (χ2v) is 4.73. The molecular weight excluding hydrogens is 276 g/mol. The van der Waals surface area contributed by atoms with Crippen molar-refractivity contribution in [3.05, 3.63) is 53.2 Å². The molecule has 20 heavy (non-hydrogen) atoms. The molecule has 0 atom stereocenters. The second-order valence-electron chi connectivity index (χ2n) is 4.33. The smallest absolute Gasteiger partial charge is 0.255 e. The minimum absolute atomic E-state index is 0.249. The van der Waals surface area contributed by atoms with Gasteiger partial charge in [0.25, 0.3) is 5.91 Å². The van der Waals surface area contributed by atoms with E-state index in [-0.39, 0.29) is 5.91 Å². The van der Waals surface area contributed by atoms with Gasteiger partial charge in [0.1, 0.15) is 0 Å². The Morgan fingerprint density at radius 2 is 2.15 bits per heavy atom. The van der Waals surface area contributed by atoms with Gasteiger partial charge in [0.2, 0.25) is 0 Å². The van der Waals surface area contributed by atoms with Crippen molar-refractivity contribution >= 4 is 39.8 Å². The molecule has 0 saturated heterocycles. The van der Waals surface area contributed by atoms with Gasteiger partial charge in [0.15, 0.2) is 0 Å². The van der Waals surface area contributed by atoms with Gasteiger partial charge in [0.05, 0.1) is 28.1 Å². The van der Waals surface area contributed by atoms with Gasteiger partial charge < -0.3 is 11.1 Å². The summed E-state index contributed by atoms with van der Waals surface area (Å²) in [6.07, 6.45) is 1.67. The average Bonchev–Trinajstić information content (AvgIpc) is 2.91. The molecule has 6 heteroatoms. The first-order valence-electron chi connectivity index (χ1n) is 5.93. The zero-order valence-electron chi connectivity index (χ0n) is 10.4. The average molecular weight is 287 g/mol. The second kappa shape index (κ2) is 4.86. The van der Waals surface area contributed by atoms with Crippen LogP contribution in [0.25, 0.3) is 10.9 Å². The Balaban J connectivity index is 1.92. The van der Waals surface area contributed by atoms with Crippen molar-refractivity contribution < 1.29 is 4.79 Å². The topological polar surface area (TPSA) is 83.8 Å². The lowest BCUT2D eigenvalue weighted by Gasteiger charge is -2.07. The van der Waals surface area contributed by atoms with Crippen LogP contribution < -0.4 is 11.1 Å². The Kier molecular flexibility index (Phi) is 3.04. The molecule has 2 aromatic carbocycles. The fraction of sp³-hybridized carbons (Fsp3) is 0. The summed E-state index contributed by atoms with van der Waals surface area (Å²) in [7, 11) is 0. The first-order chi connectivity index (χ1) is 9.65. The summed E-state index contributed by atoms with van der Waals surface area (Å²) in [4.78, 5) is 12.2. The lowest BCUT2D eigenvalue weighted by Crippen LogP contribution is -2.12. The van der Waals surface area contributed by atoms with Crippen molar-refractivity contribution in [1.29, 1.82) is 0 Å². The summed E-state index contributed by atoms with van der Waals surface area (Å²) in [6, 6.07) is 10.3. The van der Waals surface area contributed by atoms with Gasteiger partial charge in [0, 0.05) is 10.9 Å². The Bertz CT molecular complexity index is 797. The molecule has 0 aliphatic heterocycles. The minimum Gasteiger partial charge on any atom is -0.398 e. The third-order valence-electron chi connectivity index (χ3n) is 3.00. The van der Waals surface area contributed by atoms with E-state index in [1.54, 1.807) is 24.4 Å². The number of H-pyrrole nitrogens is 1. The normalized spacial score (nSPS) is 10.7.